The smallest absolute Gasteiger partial charge is 0.370 e. The number of nitrogens with zero attached hydrogens (tertiary/aromatic N) is 1. The maximum atomic E-state index is 15.0. The van der Waals surface area contributed by atoms with Crippen LogP contribution in [-0.4, -0.2) is 36.9 Å². The van der Waals surface area contributed by atoms with Crippen molar-refractivity contribution in [3.8, 4) is 0 Å². The Bertz CT molecular complexity index is 704. The molecule has 10 heteroatoms. The number of aliphatic hydroxyl groups is 1. The quantitative estimate of drug-likeness (QED) is 0.783. The lowest BCUT2D eigenvalue weighted by molar-refractivity contribution is -0.169. The number of rotatable bonds is 6. The van der Waals surface area contributed by atoms with Crippen LogP contribution < -0.4 is 4.90 Å². The molecular formula is C14H17F3NO5P. The number of carbonyl (C=O) groups excluding carboxylic acids is 1. The molecule has 0 saturated carbocycles. The highest BCUT2D eigenvalue weighted by molar-refractivity contribution is 7.55. The van der Waals surface area contributed by atoms with Crippen molar-refractivity contribution in [1.29, 1.82) is 0 Å². The number of hydrogen-bond acceptors (Lipinski definition) is 5. The Labute approximate surface area is 136 Å². The van der Waals surface area contributed by atoms with Crippen molar-refractivity contribution in [2.24, 2.45) is 0 Å². The molecule has 0 radical (unpaired) electrons. The topological polar surface area (TPSA) is 76.1 Å². The van der Waals surface area contributed by atoms with Gasteiger partial charge in [0.25, 0.3) is 5.91 Å². The minimum Gasteiger partial charge on any atom is -0.370 e. The van der Waals surface area contributed by atoms with Gasteiger partial charge >= 0.3 is 13.3 Å². The summed E-state index contributed by atoms with van der Waals surface area (Å²) in [5.74, 6) is -2.39. The molecule has 1 aromatic rings. The first kappa shape index (κ1) is 18.9. The average molecular weight is 367 g/mol. The van der Waals surface area contributed by atoms with Crippen LogP contribution in [0.4, 0.5) is 18.9 Å². The molecule has 134 valence electrons. The van der Waals surface area contributed by atoms with Gasteiger partial charge in [-0.2, -0.15) is 8.78 Å². The molecule has 0 aromatic heterocycles. The third-order valence-corrected chi connectivity index (χ3v) is 5.91. The maximum Gasteiger partial charge on any atom is 0.403 e. The van der Waals surface area contributed by atoms with E-state index in [-0.39, 0.29) is 5.69 Å². The summed E-state index contributed by atoms with van der Waals surface area (Å²) in [7, 11) is -4.09. The van der Waals surface area contributed by atoms with Crippen molar-refractivity contribution < 1.29 is 36.7 Å². The molecule has 1 aliphatic rings. The summed E-state index contributed by atoms with van der Waals surface area (Å²) in [4.78, 5) is 13.1. The molecule has 1 amide bonds. The highest BCUT2D eigenvalue weighted by Gasteiger charge is 2.74. The molecule has 2 rings (SSSR count). The molecule has 0 saturated heterocycles. The minimum absolute atomic E-state index is 0.122. The fourth-order valence-electron chi connectivity index (χ4n) is 2.59. The van der Waals surface area contributed by atoms with E-state index in [9.17, 15) is 18.9 Å². The molecule has 1 aliphatic heterocycles. The van der Waals surface area contributed by atoms with Crippen molar-refractivity contribution in [3.05, 3.63) is 29.6 Å². The fourth-order valence-corrected chi connectivity index (χ4v) is 4.28. The van der Waals surface area contributed by atoms with Crippen LogP contribution in [0.3, 0.4) is 0 Å². The largest absolute Gasteiger partial charge is 0.403 e. The zero-order valence-electron chi connectivity index (χ0n) is 13.3. The van der Waals surface area contributed by atoms with E-state index in [0.717, 1.165) is 24.1 Å². The summed E-state index contributed by atoms with van der Waals surface area (Å²) in [5.41, 5.74) is -9.02. The number of hydrogen-bond donors (Lipinski definition) is 1. The third kappa shape index (κ3) is 2.38. The number of carbonyl (C=O) groups is 1. The first-order chi connectivity index (χ1) is 11.1. The van der Waals surface area contributed by atoms with Crippen LogP contribution in [0, 0.1) is 5.82 Å². The zero-order valence-corrected chi connectivity index (χ0v) is 14.1. The fraction of sp³-hybridized carbons (Fsp3) is 0.500. The first-order valence-corrected chi connectivity index (χ1v) is 8.68. The van der Waals surface area contributed by atoms with Crippen LogP contribution in [0.2, 0.25) is 0 Å². The summed E-state index contributed by atoms with van der Waals surface area (Å²) in [5, 5.41) is 10.6. The second-order valence-electron chi connectivity index (χ2n) is 5.11. The lowest BCUT2D eigenvalue weighted by Gasteiger charge is -2.35. The molecule has 1 atom stereocenters. The monoisotopic (exact) mass is 367 g/mol. The van der Waals surface area contributed by atoms with Gasteiger partial charge in [0.15, 0.2) is 0 Å². The SMILES string of the molecule is CCOP(=O)(OCC)C(F)(F)C1(O)C(=O)N(C)c2ccc(F)cc21. The number of alkyl halides is 2. The van der Waals surface area contributed by atoms with E-state index in [4.69, 9.17) is 0 Å². The predicted molar refractivity (Wildman–Crippen MR) is 79.5 cm³/mol. The van der Waals surface area contributed by atoms with E-state index >= 15 is 8.78 Å². The van der Waals surface area contributed by atoms with Crippen LogP contribution >= 0.6 is 7.60 Å². The van der Waals surface area contributed by atoms with Gasteiger partial charge in [-0.3, -0.25) is 9.36 Å². The van der Waals surface area contributed by atoms with Gasteiger partial charge in [-0.1, -0.05) is 0 Å². The molecule has 1 unspecified atom stereocenters. The van der Waals surface area contributed by atoms with Crippen LogP contribution in [0.25, 0.3) is 0 Å². The van der Waals surface area contributed by atoms with Gasteiger partial charge in [0.1, 0.15) is 5.82 Å². The average Bonchev–Trinajstić information content (AvgIpc) is 2.70. The number of likely N-dealkylation sites (N-methyl/N-ethyl adjacent to an activating group) is 1. The Hall–Kier alpha value is -1.41. The number of halogens is 3. The highest BCUT2D eigenvalue weighted by atomic mass is 31.2. The Kier molecular flexibility index (Phi) is 4.85. The third-order valence-electron chi connectivity index (χ3n) is 3.70. The van der Waals surface area contributed by atoms with Crippen LogP contribution in [0.1, 0.15) is 19.4 Å². The molecular weight excluding hydrogens is 350 g/mol. The number of amides is 1. The van der Waals surface area contributed by atoms with E-state index in [2.05, 4.69) is 9.05 Å². The van der Waals surface area contributed by atoms with Gasteiger partial charge < -0.3 is 19.1 Å². The van der Waals surface area contributed by atoms with E-state index in [0.29, 0.717) is 6.07 Å². The molecule has 1 heterocycles. The molecule has 6 nitrogen and oxygen atoms in total. The maximum absolute atomic E-state index is 15.0. The Balaban J connectivity index is 2.71. The summed E-state index contributed by atoms with van der Waals surface area (Å²) >= 11 is 0. The summed E-state index contributed by atoms with van der Waals surface area (Å²) in [6.07, 6.45) is 0. The minimum atomic E-state index is -5.22. The van der Waals surface area contributed by atoms with Gasteiger partial charge in [0.2, 0.25) is 5.60 Å². The Morgan fingerprint density at radius 2 is 1.83 bits per heavy atom. The molecule has 0 fully saturated rings. The lowest BCUT2D eigenvalue weighted by atomic mass is 9.95. The number of benzene rings is 1. The van der Waals surface area contributed by atoms with Gasteiger partial charge in [0, 0.05) is 12.6 Å². The molecule has 0 aliphatic carbocycles. The van der Waals surface area contributed by atoms with Gasteiger partial charge in [-0.25, -0.2) is 4.39 Å². The Morgan fingerprint density at radius 1 is 1.29 bits per heavy atom. The Morgan fingerprint density at radius 3 is 2.33 bits per heavy atom. The normalized spacial score (nSPS) is 21.3. The number of fused-ring (bicyclic) bond motifs is 1. The predicted octanol–water partition coefficient (Wildman–Crippen LogP) is 2.85. The van der Waals surface area contributed by atoms with E-state index in [1.165, 1.54) is 13.8 Å². The summed E-state index contributed by atoms with van der Waals surface area (Å²) in [6, 6.07) is 2.63. The second-order valence-corrected chi connectivity index (χ2v) is 7.18. The van der Waals surface area contributed by atoms with E-state index < -0.39 is 49.4 Å². The highest BCUT2D eigenvalue weighted by Crippen LogP contribution is 2.69. The molecule has 0 bridgehead atoms. The summed E-state index contributed by atoms with van der Waals surface area (Å²) in [6.45, 7) is 1.82. The van der Waals surface area contributed by atoms with Crippen molar-refractivity contribution >= 4 is 19.2 Å². The van der Waals surface area contributed by atoms with Crippen LogP contribution in [0.15, 0.2) is 18.2 Å². The first-order valence-electron chi connectivity index (χ1n) is 7.14. The van der Waals surface area contributed by atoms with Gasteiger partial charge in [-0.05, 0) is 32.0 Å². The van der Waals surface area contributed by atoms with Gasteiger partial charge in [-0.15, -0.1) is 0 Å². The lowest BCUT2D eigenvalue weighted by Crippen LogP contribution is -2.52. The second kappa shape index (κ2) is 6.15. The van der Waals surface area contributed by atoms with E-state index in [1.807, 2.05) is 0 Å². The standard InChI is InChI=1S/C14H17F3NO5P/c1-4-22-24(21,23-5-2)14(16,17)13(20)10-8-9(15)6-7-11(10)18(3)12(13)19/h6-8,20H,4-5H2,1-3H3. The molecule has 0 spiro atoms. The summed E-state index contributed by atoms with van der Waals surface area (Å²) < 4.78 is 65.4. The molecule has 24 heavy (non-hydrogen) atoms. The van der Waals surface area contributed by atoms with E-state index in [1.54, 1.807) is 0 Å². The van der Waals surface area contributed by atoms with Crippen LogP contribution in [0.5, 0.6) is 0 Å². The number of anilines is 1. The zero-order chi connectivity index (χ0) is 18.3. The van der Waals surface area contributed by atoms with Crippen molar-refractivity contribution in [2.75, 3.05) is 25.2 Å². The molecule has 1 aromatic carbocycles. The van der Waals surface area contributed by atoms with Crippen molar-refractivity contribution in [1.82, 2.24) is 0 Å². The van der Waals surface area contributed by atoms with Crippen LogP contribution in [-0.2, 0) is 24.0 Å². The van der Waals surface area contributed by atoms with Crippen molar-refractivity contribution in [2.45, 2.75) is 25.1 Å². The molecule has 1 N–H and O–H groups in total. The van der Waals surface area contributed by atoms with Crippen molar-refractivity contribution in [3.63, 3.8) is 0 Å². The van der Waals surface area contributed by atoms with Gasteiger partial charge in [0.05, 0.1) is 18.9 Å².